The first kappa shape index (κ1) is 40.4. The van der Waals surface area contributed by atoms with Crippen molar-refractivity contribution in [2.24, 2.45) is 0 Å². The Kier molecular flexibility index (Phi) is 13.6. The van der Waals surface area contributed by atoms with Crippen LogP contribution in [0, 0.1) is 0 Å². The number of carbonyl (C=O) groups excluding carboxylic acids is 1. The number of aryl methyl sites for hydroxylation is 1. The zero-order chi connectivity index (χ0) is 39.6. The normalized spacial score (nSPS) is 15.8. The van der Waals surface area contributed by atoms with Gasteiger partial charge in [0.15, 0.2) is 52.1 Å². The number of aliphatic hydroxyl groups excluding tert-OH is 3. The summed E-state index contributed by atoms with van der Waals surface area (Å²) in [4.78, 5) is 12.3. The van der Waals surface area contributed by atoms with Gasteiger partial charge in [-0.05, 0) is 78.1 Å². The molecule has 4 atom stereocenters. The zero-order valence-corrected chi connectivity index (χ0v) is 31.2. The fourth-order valence-corrected chi connectivity index (χ4v) is 6.33. The summed E-state index contributed by atoms with van der Waals surface area (Å²) in [7, 11) is 7.22. The van der Waals surface area contributed by atoms with Crippen molar-refractivity contribution in [2.45, 2.75) is 37.1 Å². The number of aromatic hydroxyl groups is 2. The quantitative estimate of drug-likeness (QED) is 0.0516. The van der Waals surface area contributed by atoms with Gasteiger partial charge in [-0.1, -0.05) is 18.2 Å². The van der Waals surface area contributed by atoms with E-state index >= 15 is 0 Å². The molecule has 0 unspecified atom stereocenters. The van der Waals surface area contributed by atoms with E-state index in [9.17, 15) is 30.3 Å². The third kappa shape index (κ3) is 9.11. The number of hydrogen-bond acceptors (Lipinski definition) is 14. The van der Waals surface area contributed by atoms with Gasteiger partial charge in [0.2, 0.25) is 5.75 Å². The van der Waals surface area contributed by atoms with Crippen LogP contribution < -0.4 is 33.2 Å². The van der Waals surface area contributed by atoms with Gasteiger partial charge in [0.1, 0.15) is 12.2 Å². The predicted molar refractivity (Wildman–Crippen MR) is 200 cm³/mol. The number of phenols is 2. The molecule has 0 radical (unpaired) electrons. The maximum absolute atomic E-state index is 12.3. The molecule has 4 aromatic carbocycles. The molecular formula is C41H46O14. The molecule has 294 valence electrons. The van der Waals surface area contributed by atoms with Crippen molar-refractivity contribution < 1.29 is 68.2 Å². The molecule has 0 saturated heterocycles. The fraction of sp³-hybridized carbons (Fsp3) is 0.341. The third-order valence-corrected chi connectivity index (χ3v) is 9.20. The van der Waals surface area contributed by atoms with Gasteiger partial charge in [0.25, 0.3) is 0 Å². The van der Waals surface area contributed by atoms with Crippen molar-refractivity contribution in [1.29, 1.82) is 0 Å². The highest BCUT2D eigenvalue weighted by Crippen LogP contribution is 2.53. The van der Waals surface area contributed by atoms with E-state index in [1.807, 2.05) is 12.1 Å². The SMILES string of the molecule is COc1cc(/C=C/C(=O)OCCCc2cc(OC)c3c(c2)[C@@H](CO)[C@H](c2cc(OC)c(O[C@@H](CO)[C@H](O)c4ccc(O)c(OC)c4)c(OC)c2)O3)ccc1O. The van der Waals surface area contributed by atoms with Gasteiger partial charge in [-0.3, -0.25) is 0 Å². The van der Waals surface area contributed by atoms with E-state index < -0.39 is 36.8 Å². The molecule has 0 fully saturated rings. The summed E-state index contributed by atoms with van der Waals surface area (Å²) in [6.07, 6.45) is 0.750. The van der Waals surface area contributed by atoms with Crippen molar-refractivity contribution >= 4 is 12.0 Å². The van der Waals surface area contributed by atoms with E-state index in [2.05, 4.69) is 0 Å². The number of aliphatic hydroxyl groups is 3. The lowest BCUT2D eigenvalue weighted by atomic mass is 9.90. The van der Waals surface area contributed by atoms with Crippen molar-refractivity contribution in [3.8, 4) is 51.7 Å². The topological polar surface area (TPSA) is 192 Å². The lowest BCUT2D eigenvalue weighted by molar-refractivity contribution is -0.137. The smallest absolute Gasteiger partial charge is 0.330 e. The van der Waals surface area contributed by atoms with Crippen molar-refractivity contribution in [3.05, 3.63) is 94.6 Å². The first-order valence-electron chi connectivity index (χ1n) is 17.4. The molecule has 1 heterocycles. The number of esters is 1. The van der Waals surface area contributed by atoms with Gasteiger partial charge >= 0.3 is 5.97 Å². The third-order valence-electron chi connectivity index (χ3n) is 9.20. The van der Waals surface area contributed by atoms with E-state index in [0.717, 1.165) is 11.1 Å². The molecule has 14 nitrogen and oxygen atoms in total. The van der Waals surface area contributed by atoms with E-state index in [1.165, 1.54) is 65.9 Å². The average molecular weight is 763 g/mol. The Hall–Kier alpha value is -5.83. The minimum Gasteiger partial charge on any atom is -0.504 e. The molecule has 4 aromatic rings. The van der Waals surface area contributed by atoms with E-state index in [4.69, 9.17) is 37.9 Å². The number of benzene rings is 4. The summed E-state index contributed by atoms with van der Waals surface area (Å²) in [5.41, 5.74) is 3.21. The fourth-order valence-electron chi connectivity index (χ4n) is 6.33. The summed E-state index contributed by atoms with van der Waals surface area (Å²) in [5.74, 6) is 0.813. The Morgan fingerprint density at radius 2 is 1.44 bits per heavy atom. The summed E-state index contributed by atoms with van der Waals surface area (Å²) < 4.78 is 45.3. The lowest BCUT2D eigenvalue weighted by Crippen LogP contribution is -2.29. The van der Waals surface area contributed by atoms with Crippen LogP contribution in [-0.4, -0.2) is 93.0 Å². The number of phenolic OH excluding ortho intramolecular Hbond substituents is 2. The second kappa shape index (κ2) is 18.5. The highest BCUT2D eigenvalue weighted by Gasteiger charge is 2.39. The van der Waals surface area contributed by atoms with Crippen LogP contribution in [0.2, 0.25) is 0 Å². The summed E-state index contributed by atoms with van der Waals surface area (Å²) in [6.45, 7) is -0.682. The number of carbonyl (C=O) groups is 1. The van der Waals surface area contributed by atoms with Crippen molar-refractivity contribution in [2.75, 3.05) is 55.4 Å². The largest absolute Gasteiger partial charge is 0.504 e. The van der Waals surface area contributed by atoms with Crippen LogP contribution in [0.1, 0.15) is 52.4 Å². The predicted octanol–water partition coefficient (Wildman–Crippen LogP) is 5.01. The Bertz CT molecular complexity index is 1950. The minimum atomic E-state index is -1.33. The maximum Gasteiger partial charge on any atom is 0.330 e. The monoisotopic (exact) mass is 762 g/mol. The molecule has 0 aromatic heterocycles. The molecular weight excluding hydrogens is 716 g/mol. The van der Waals surface area contributed by atoms with Gasteiger partial charge in [0, 0.05) is 17.2 Å². The molecule has 5 rings (SSSR count). The number of rotatable bonds is 18. The molecule has 0 aliphatic carbocycles. The summed E-state index contributed by atoms with van der Waals surface area (Å²) in [5, 5.41) is 51.8. The van der Waals surface area contributed by atoms with E-state index in [0.29, 0.717) is 46.8 Å². The molecule has 14 heteroatoms. The van der Waals surface area contributed by atoms with Gasteiger partial charge in [-0.2, -0.15) is 0 Å². The number of methoxy groups -OCH3 is 5. The van der Waals surface area contributed by atoms with Crippen LogP contribution >= 0.6 is 0 Å². The Morgan fingerprint density at radius 3 is 2.05 bits per heavy atom. The second-order valence-electron chi connectivity index (χ2n) is 12.5. The van der Waals surface area contributed by atoms with Crippen LogP contribution in [0.3, 0.4) is 0 Å². The van der Waals surface area contributed by atoms with Gasteiger partial charge in [-0.25, -0.2) is 4.79 Å². The molecule has 1 aliphatic heterocycles. The minimum absolute atomic E-state index is 0.000530. The molecule has 1 aliphatic rings. The van der Waals surface area contributed by atoms with E-state index in [1.54, 1.807) is 30.3 Å². The first-order valence-corrected chi connectivity index (χ1v) is 17.4. The maximum atomic E-state index is 12.3. The van der Waals surface area contributed by atoms with Gasteiger partial charge in [0.05, 0.1) is 61.3 Å². The highest BCUT2D eigenvalue weighted by atomic mass is 16.6. The van der Waals surface area contributed by atoms with E-state index in [-0.39, 0.29) is 47.7 Å². The van der Waals surface area contributed by atoms with Crippen LogP contribution in [0.25, 0.3) is 6.08 Å². The van der Waals surface area contributed by atoms with Crippen LogP contribution in [0.4, 0.5) is 0 Å². The molecule has 0 saturated carbocycles. The molecule has 0 amide bonds. The Balaban J connectivity index is 1.30. The lowest BCUT2D eigenvalue weighted by Gasteiger charge is -2.26. The van der Waals surface area contributed by atoms with Crippen molar-refractivity contribution in [1.82, 2.24) is 0 Å². The summed E-state index contributed by atoms with van der Waals surface area (Å²) in [6, 6.07) is 16.2. The van der Waals surface area contributed by atoms with Crippen molar-refractivity contribution in [3.63, 3.8) is 0 Å². The molecule has 55 heavy (non-hydrogen) atoms. The molecule has 0 bridgehead atoms. The zero-order valence-electron chi connectivity index (χ0n) is 31.2. The van der Waals surface area contributed by atoms with Crippen LogP contribution in [0.15, 0.2) is 66.7 Å². The van der Waals surface area contributed by atoms with Crippen LogP contribution in [0.5, 0.6) is 51.7 Å². The number of ether oxygens (including phenoxy) is 8. The average Bonchev–Trinajstić information content (AvgIpc) is 3.59. The number of fused-ring (bicyclic) bond motifs is 1. The van der Waals surface area contributed by atoms with Crippen LogP contribution in [-0.2, 0) is 16.0 Å². The van der Waals surface area contributed by atoms with Gasteiger partial charge in [-0.15, -0.1) is 0 Å². The highest BCUT2D eigenvalue weighted by molar-refractivity contribution is 5.87. The first-order chi connectivity index (χ1) is 26.6. The molecule has 5 N–H and O–H groups in total. The summed E-state index contributed by atoms with van der Waals surface area (Å²) >= 11 is 0. The Labute approximate surface area is 318 Å². The Morgan fingerprint density at radius 1 is 0.800 bits per heavy atom. The number of hydrogen-bond donors (Lipinski definition) is 5. The second-order valence-corrected chi connectivity index (χ2v) is 12.5. The standard InChI is InChI=1S/C41H46O14/c1-48-31-16-23(8-11-29(31)44)9-13-37(46)53-14-6-7-24-15-27-28(21-42)39(55-40(27)33(17-24)50-3)26-19-34(51-4)41(35(20-26)52-5)54-36(22-43)38(47)25-10-12-30(45)32(18-25)49-2/h8-13,15-20,28,36,38-39,42-45,47H,6-7,14,21-22H2,1-5H3/b13-9+/t28-,36+,38-,39+/m1/s1. The molecule has 0 spiro atoms. The van der Waals surface area contributed by atoms with Gasteiger partial charge < -0.3 is 63.4 Å².